The van der Waals surface area contributed by atoms with Gasteiger partial charge in [-0.15, -0.1) is 0 Å². The molecular weight excluding hydrogens is 262 g/mol. The van der Waals surface area contributed by atoms with Gasteiger partial charge in [-0.1, -0.05) is 0 Å². The SMILES string of the molecule is CCOP(=O)(OCC)OP(=O)(OC)SC. The minimum Gasteiger partial charge on any atom is -0.304 e. The van der Waals surface area contributed by atoms with Crippen LogP contribution in [0.15, 0.2) is 0 Å². The molecule has 0 aromatic carbocycles. The number of rotatable bonds is 8. The van der Waals surface area contributed by atoms with Crippen LogP contribution >= 0.6 is 26.0 Å². The zero-order valence-corrected chi connectivity index (χ0v) is 11.8. The van der Waals surface area contributed by atoms with Gasteiger partial charge in [0, 0.05) is 7.11 Å². The predicted octanol–water partition coefficient (Wildman–Crippen LogP) is 3.30. The quantitative estimate of drug-likeness (QED) is 0.631. The molecule has 0 aromatic rings. The Labute approximate surface area is 93.9 Å². The van der Waals surface area contributed by atoms with Crippen molar-refractivity contribution < 1.29 is 27.0 Å². The molecule has 1 unspecified atom stereocenters. The fourth-order valence-electron chi connectivity index (χ4n) is 0.664. The summed E-state index contributed by atoms with van der Waals surface area (Å²) in [6, 6.07) is 0. The fraction of sp³-hybridized carbons (Fsp3) is 1.00. The van der Waals surface area contributed by atoms with Crippen molar-refractivity contribution in [1.29, 1.82) is 0 Å². The van der Waals surface area contributed by atoms with Crippen LogP contribution in [-0.4, -0.2) is 26.6 Å². The molecule has 1 atom stereocenters. The van der Waals surface area contributed by atoms with Gasteiger partial charge in [-0.3, -0.25) is 9.05 Å². The number of hydrogen-bond donors (Lipinski definition) is 0. The molecule has 92 valence electrons. The maximum atomic E-state index is 11.8. The average Bonchev–Trinajstić information content (AvgIpc) is 2.18. The van der Waals surface area contributed by atoms with E-state index in [1.807, 2.05) is 0 Å². The Bertz CT molecular complexity index is 252. The van der Waals surface area contributed by atoms with Crippen LogP contribution in [-0.2, 0) is 27.0 Å². The van der Waals surface area contributed by atoms with Crippen LogP contribution in [0.5, 0.6) is 0 Å². The van der Waals surface area contributed by atoms with Crippen molar-refractivity contribution >= 4 is 26.0 Å². The van der Waals surface area contributed by atoms with Gasteiger partial charge in [-0.2, -0.15) is 4.31 Å². The lowest BCUT2D eigenvalue weighted by molar-refractivity contribution is 0.161. The van der Waals surface area contributed by atoms with Crippen molar-refractivity contribution in [2.24, 2.45) is 0 Å². The topological polar surface area (TPSA) is 71.1 Å². The Morgan fingerprint density at radius 3 is 1.87 bits per heavy atom. The second-order valence-corrected chi connectivity index (χ2v) is 8.30. The molecule has 9 heteroatoms. The van der Waals surface area contributed by atoms with Gasteiger partial charge in [0.05, 0.1) is 13.2 Å². The fourth-order valence-corrected chi connectivity index (χ4v) is 5.19. The number of hydrogen-bond acceptors (Lipinski definition) is 7. The van der Waals surface area contributed by atoms with E-state index in [4.69, 9.17) is 13.4 Å². The molecule has 0 N–H and O–H groups in total. The van der Waals surface area contributed by atoms with Crippen LogP contribution in [0.2, 0.25) is 0 Å². The van der Waals surface area contributed by atoms with Gasteiger partial charge in [0.1, 0.15) is 0 Å². The highest BCUT2D eigenvalue weighted by molar-refractivity contribution is 8.55. The molecule has 0 fully saturated rings. The maximum absolute atomic E-state index is 11.8. The summed E-state index contributed by atoms with van der Waals surface area (Å²) in [5.74, 6) is 0. The first-order valence-electron chi connectivity index (χ1n) is 4.27. The number of phosphoric ester groups is 1. The van der Waals surface area contributed by atoms with Gasteiger partial charge in [0.25, 0.3) is 0 Å². The lowest BCUT2D eigenvalue weighted by Crippen LogP contribution is -1.98. The Morgan fingerprint density at radius 2 is 1.60 bits per heavy atom. The monoisotopic (exact) mass is 278 g/mol. The van der Waals surface area contributed by atoms with Crippen LogP contribution in [0.25, 0.3) is 0 Å². The first kappa shape index (κ1) is 15.7. The molecule has 0 heterocycles. The molecule has 15 heavy (non-hydrogen) atoms. The molecule has 0 saturated heterocycles. The Hall–Kier alpha value is 0.650. The molecule has 0 radical (unpaired) electrons. The van der Waals surface area contributed by atoms with E-state index in [0.29, 0.717) is 0 Å². The zero-order chi connectivity index (χ0) is 11.9. The van der Waals surface area contributed by atoms with Crippen LogP contribution in [0, 0.1) is 0 Å². The van der Waals surface area contributed by atoms with E-state index in [2.05, 4.69) is 4.52 Å². The highest BCUT2D eigenvalue weighted by atomic mass is 32.7. The summed E-state index contributed by atoms with van der Waals surface area (Å²) in [6.45, 7) is 0.0717. The third kappa shape index (κ3) is 5.50. The summed E-state index contributed by atoms with van der Waals surface area (Å²) in [5.41, 5.74) is 0. The molecule has 0 spiro atoms. The number of phosphoric acid groups is 1. The zero-order valence-electron chi connectivity index (χ0n) is 9.17. The Kier molecular flexibility index (Phi) is 7.38. The second kappa shape index (κ2) is 7.07. The van der Waals surface area contributed by atoms with Gasteiger partial charge in [-0.25, -0.2) is 9.13 Å². The summed E-state index contributed by atoms with van der Waals surface area (Å²) in [7, 11) is -2.58. The summed E-state index contributed by atoms with van der Waals surface area (Å²) < 4.78 is 42.6. The normalized spacial score (nSPS) is 16.3. The van der Waals surface area contributed by atoms with Crippen molar-refractivity contribution in [3.05, 3.63) is 0 Å². The standard InChI is InChI=1S/C6H16O6P2S/c1-5-10-13(7,11-6-2)12-14(8,9-3)15-4/h5-6H2,1-4H3. The van der Waals surface area contributed by atoms with Crippen molar-refractivity contribution in [1.82, 2.24) is 0 Å². The lowest BCUT2D eigenvalue weighted by Gasteiger charge is -2.20. The third-order valence-corrected chi connectivity index (χ3v) is 7.25. The van der Waals surface area contributed by atoms with Crippen molar-refractivity contribution in [3.63, 3.8) is 0 Å². The predicted molar refractivity (Wildman–Crippen MR) is 60.1 cm³/mol. The first-order chi connectivity index (χ1) is 6.95. The first-order valence-corrected chi connectivity index (χ1v) is 9.10. The summed E-state index contributed by atoms with van der Waals surface area (Å²) >= 11 is 0.830. The molecule has 0 bridgehead atoms. The third-order valence-electron chi connectivity index (χ3n) is 1.22. The molecule has 0 aliphatic rings. The highest BCUT2D eigenvalue weighted by Crippen LogP contribution is 2.70. The van der Waals surface area contributed by atoms with Crippen molar-refractivity contribution in [3.8, 4) is 0 Å². The maximum Gasteiger partial charge on any atom is 0.482 e. The molecule has 0 amide bonds. The molecule has 0 aliphatic carbocycles. The smallest absolute Gasteiger partial charge is 0.304 e. The summed E-state index contributed by atoms with van der Waals surface area (Å²) in [6.07, 6.45) is 1.52. The van der Waals surface area contributed by atoms with Gasteiger partial charge < -0.3 is 4.52 Å². The Balaban J connectivity index is 4.66. The van der Waals surface area contributed by atoms with Crippen molar-refractivity contribution in [2.75, 3.05) is 26.6 Å². The van der Waals surface area contributed by atoms with E-state index >= 15 is 0 Å². The van der Waals surface area contributed by atoms with Gasteiger partial charge in [0.2, 0.25) is 0 Å². The summed E-state index contributed by atoms with van der Waals surface area (Å²) in [4.78, 5) is 0. The van der Waals surface area contributed by atoms with Crippen molar-refractivity contribution in [2.45, 2.75) is 13.8 Å². The van der Waals surface area contributed by atoms with E-state index in [9.17, 15) is 9.13 Å². The van der Waals surface area contributed by atoms with Gasteiger partial charge in [-0.05, 0) is 31.5 Å². The van der Waals surface area contributed by atoms with Crippen LogP contribution < -0.4 is 0 Å². The molecule has 0 rings (SSSR count). The molecule has 0 aromatic heterocycles. The minimum absolute atomic E-state index is 0.134. The second-order valence-electron chi connectivity index (χ2n) is 2.18. The molecule has 0 aliphatic heterocycles. The van der Waals surface area contributed by atoms with E-state index < -0.39 is 14.6 Å². The van der Waals surface area contributed by atoms with Gasteiger partial charge in [0.15, 0.2) is 0 Å². The van der Waals surface area contributed by atoms with Crippen LogP contribution in [0.3, 0.4) is 0 Å². The lowest BCUT2D eigenvalue weighted by atomic mass is 10.9. The largest absolute Gasteiger partial charge is 0.482 e. The van der Waals surface area contributed by atoms with Crippen LogP contribution in [0.4, 0.5) is 0 Å². The van der Waals surface area contributed by atoms with Crippen LogP contribution in [0.1, 0.15) is 13.8 Å². The average molecular weight is 278 g/mol. The molecule has 0 saturated carbocycles. The van der Waals surface area contributed by atoms with E-state index in [0.717, 1.165) is 11.4 Å². The molecule has 6 nitrogen and oxygen atoms in total. The van der Waals surface area contributed by atoms with Gasteiger partial charge >= 0.3 is 14.6 Å². The van der Waals surface area contributed by atoms with E-state index in [1.54, 1.807) is 13.8 Å². The highest BCUT2D eigenvalue weighted by Gasteiger charge is 2.37. The summed E-state index contributed by atoms with van der Waals surface area (Å²) in [5, 5.41) is 0. The van der Waals surface area contributed by atoms with E-state index in [-0.39, 0.29) is 13.2 Å². The molecular formula is C6H16O6P2S. The Morgan fingerprint density at radius 1 is 1.13 bits per heavy atom. The van der Waals surface area contributed by atoms with E-state index in [1.165, 1.54) is 13.4 Å². The minimum atomic E-state index is -3.78.